The summed E-state index contributed by atoms with van der Waals surface area (Å²) in [5.74, 6) is -0.801. The molecule has 2 rings (SSSR count). The fraction of sp³-hybridized carbons (Fsp3) is 0.417. The van der Waals surface area contributed by atoms with E-state index in [4.69, 9.17) is 0 Å². The van der Waals surface area contributed by atoms with Gasteiger partial charge in [0.05, 0.1) is 11.5 Å². The number of aliphatic hydroxyl groups excluding tert-OH is 1. The first-order chi connectivity index (χ1) is 16.2. The third kappa shape index (κ3) is 8.19. The molecule has 0 aromatic heterocycles. The van der Waals surface area contributed by atoms with Crippen LogP contribution in [-0.2, 0) is 19.6 Å². The topological polar surface area (TPSA) is 116 Å². The largest absolute Gasteiger partial charge is 0.395 e. The average Bonchev–Trinajstić information content (AvgIpc) is 2.79. The maximum Gasteiger partial charge on any atom is 0.247 e. The minimum absolute atomic E-state index is 0.0675. The monoisotopic (exact) mass is 553 g/mol. The van der Waals surface area contributed by atoms with Gasteiger partial charge in [-0.15, -0.1) is 0 Å². The van der Waals surface area contributed by atoms with E-state index < -0.39 is 22.0 Å². The Kier molecular flexibility index (Phi) is 11.2. The van der Waals surface area contributed by atoms with Gasteiger partial charge in [-0.2, -0.15) is 0 Å². The lowest BCUT2D eigenvalue weighted by molar-refractivity contribution is -0.141. The summed E-state index contributed by atoms with van der Waals surface area (Å²) in [7, 11) is -3.78. The molecule has 0 heterocycles. The first-order valence-electron chi connectivity index (χ1n) is 11.2. The Morgan fingerprint density at radius 3 is 2.44 bits per heavy atom. The first-order valence-corrected chi connectivity index (χ1v) is 13.5. The molecule has 0 bridgehead atoms. The summed E-state index contributed by atoms with van der Waals surface area (Å²) in [5.41, 5.74) is 1.52. The van der Waals surface area contributed by atoms with Crippen LogP contribution in [0.5, 0.6) is 0 Å². The number of hydrogen-bond acceptors (Lipinski definition) is 5. The van der Waals surface area contributed by atoms with Gasteiger partial charge < -0.3 is 15.3 Å². The Bertz CT molecular complexity index is 1060. The Balaban J connectivity index is 2.18. The van der Waals surface area contributed by atoms with Crippen LogP contribution >= 0.6 is 15.9 Å². The molecule has 0 saturated heterocycles. The summed E-state index contributed by atoms with van der Waals surface area (Å²) in [6, 6.07) is 12.5. The number of nitrogens with zero attached hydrogens (tertiary/aromatic N) is 1. The number of hydrogen-bond donors (Lipinski definition) is 3. The molecule has 186 valence electrons. The summed E-state index contributed by atoms with van der Waals surface area (Å²) >= 11 is 3.40. The molecule has 1 atom stereocenters. The Hall–Kier alpha value is -2.27. The van der Waals surface area contributed by atoms with Crippen LogP contribution in [-0.4, -0.2) is 56.5 Å². The zero-order valence-electron chi connectivity index (χ0n) is 19.5. The number of aliphatic hydroxyl groups is 1. The number of nitrogens with one attached hydrogen (secondary N) is 2. The van der Waals surface area contributed by atoms with E-state index >= 15 is 0 Å². The SMILES string of the molecule is CCCCNC(=O)C(c1cccc(Br)c1)N(CCO)C(=O)CCNS(=O)(=O)c1ccc(C)cc1. The van der Waals surface area contributed by atoms with Gasteiger partial charge in [-0.1, -0.05) is 59.1 Å². The molecule has 3 N–H and O–H groups in total. The third-order valence-corrected chi connectivity index (χ3v) is 7.15. The molecule has 0 radical (unpaired) electrons. The van der Waals surface area contributed by atoms with Crippen LogP contribution in [0.15, 0.2) is 57.9 Å². The lowest BCUT2D eigenvalue weighted by Crippen LogP contribution is -2.46. The number of rotatable bonds is 13. The standard InChI is InChI=1S/C24H32BrN3O5S/c1-3-4-13-26-24(31)23(19-6-5-7-20(25)17-19)28(15-16-29)22(30)12-14-27-34(32,33)21-10-8-18(2)9-11-21/h5-11,17,23,27,29H,3-4,12-16H2,1-2H3,(H,26,31). The molecule has 34 heavy (non-hydrogen) atoms. The predicted octanol–water partition coefficient (Wildman–Crippen LogP) is 2.90. The molecule has 2 aromatic carbocycles. The molecule has 1 unspecified atom stereocenters. The number of sulfonamides is 1. The van der Waals surface area contributed by atoms with Crippen LogP contribution in [0.2, 0.25) is 0 Å². The second-order valence-corrected chi connectivity index (χ2v) is 10.6. The normalized spacial score (nSPS) is 12.2. The predicted molar refractivity (Wildman–Crippen MR) is 135 cm³/mol. The van der Waals surface area contributed by atoms with Gasteiger partial charge >= 0.3 is 0 Å². The third-order valence-electron chi connectivity index (χ3n) is 5.18. The highest BCUT2D eigenvalue weighted by Gasteiger charge is 2.31. The molecule has 0 aliphatic carbocycles. The van der Waals surface area contributed by atoms with Crippen molar-refractivity contribution in [2.45, 2.75) is 44.0 Å². The van der Waals surface area contributed by atoms with Crippen molar-refractivity contribution in [3.8, 4) is 0 Å². The zero-order valence-corrected chi connectivity index (χ0v) is 21.9. The van der Waals surface area contributed by atoms with Gasteiger partial charge in [0.25, 0.3) is 0 Å². The van der Waals surface area contributed by atoms with Crippen LogP contribution in [0.1, 0.15) is 43.4 Å². The van der Waals surface area contributed by atoms with Crippen molar-refractivity contribution in [1.82, 2.24) is 14.9 Å². The van der Waals surface area contributed by atoms with Gasteiger partial charge in [-0.05, 0) is 43.2 Å². The fourth-order valence-corrected chi connectivity index (χ4v) is 4.83. The van der Waals surface area contributed by atoms with Gasteiger partial charge in [0.15, 0.2) is 0 Å². The van der Waals surface area contributed by atoms with Crippen molar-refractivity contribution < 1.29 is 23.1 Å². The minimum atomic E-state index is -3.78. The number of halogens is 1. The summed E-state index contributed by atoms with van der Waals surface area (Å²) < 4.78 is 28.2. The summed E-state index contributed by atoms with van der Waals surface area (Å²) in [6.07, 6.45) is 1.53. The zero-order chi connectivity index (χ0) is 25.1. The molecule has 2 aromatic rings. The van der Waals surface area contributed by atoms with E-state index in [1.54, 1.807) is 30.3 Å². The molecular formula is C24H32BrN3O5S. The summed E-state index contributed by atoms with van der Waals surface area (Å²) in [6.45, 7) is 3.79. The van der Waals surface area contributed by atoms with Crippen molar-refractivity contribution in [1.29, 1.82) is 0 Å². The van der Waals surface area contributed by atoms with Crippen molar-refractivity contribution in [2.75, 3.05) is 26.2 Å². The highest BCUT2D eigenvalue weighted by atomic mass is 79.9. The van der Waals surface area contributed by atoms with Crippen LogP contribution in [0.4, 0.5) is 0 Å². The smallest absolute Gasteiger partial charge is 0.247 e. The Morgan fingerprint density at radius 1 is 1.12 bits per heavy atom. The summed E-state index contributed by atoms with van der Waals surface area (Å²) in [5, 5.41) is 12.5. The number of carbonyl (C=O) groups excluding carboxylic acids is 2. The number of amides is 2. The Labute approximate surface area is 209 Å². The molecule has 0 aliphatic heterocycles. The second kappa shape index (κ2) is 13.6. The highest BCUT2D eigenvalue weighted by Crippen LogP contribution is 2.25. The molecule has 0 saturated carbocycles. The average molecular weight is 555 g/mol. The molecule has 8 nitrogen and oxygen atoms in total. The van der Waals surface area contributed by atoms with Crippen molar-refractivity contribution in [3.63, 3.8) is 0 Å². The first kappa shape index (κ1) is 28.0. The molecule has 10 heteroatoms. The van der Waals surface area contributed by atoms with E-state index in [0.29, 0.717) is 12.1 Å². The molecule has 0 spiro atoms. The number of aryl methyl sites for hydroxylation is 1. The second-order valence-electron chi connectivity index (χ2n) is 7.87. The van der Waals surface area contributed by atoms with E-state index in [1.807, 2.05) is 19.9 Å². The van der Waals surface area contributed by atoms with E-state index in [-0.39, 0.29) is 36.9 Å². The lowest BCUT2D eigenvalue weighted by atomic mass is 10.0. The highest BCUT2D eigenvalue weighted by molar-refractivity contribution is 9.10. The van der Waals surface area contributed by atoms with E-state index in [2.05, 4.69) is 26.0 Å². The van der Waals surface area contributed by atoms with Gasteiger partial charge in [0, 0.05) is 30.5 Å². The van der Waals surface area contributed by atoms with E-state index in [1.165, 1.54) is 17.0 Å². The number of unbranched alkanes of at least 4 members (excludes halogenated alkanes) is 1. The van der Waals surface area contributed by atoms with Crippen molar-refractivity contribution in [2.24, 2.45) is 0 Å². The molecule has 2 amide bonds. The van der Waals surface area contributed by atoms with E-state index in [9.17, 15) is 23.1 Å². The lowest BCUT2D eigenvalue weighted by Gasteiger charge is -2.31. The molecular weight excluding hydrogens is 522 g/mol. The van der Waals surface area contributed by atoms with Crippen molar-refractivity contribution >= 4 is 37.8 Å². The number of benzene rings is 2. The Morgan fingerprint density at radius 2 is 1.82 bits per heavy atom. The quantitative estimate of drug-likeness (QED) is 0.330. The molecule has 0 aliphatic rings. The fourth-order valence-electron chi connectivity index (χ4n) is 3.38. The van der Waals surface area contributed by atoms with Gasteiger partial charge in [-0.3, -0.25) is 9.59 Å². The molecule has 0 fully saturated rings. The maximum absolute atomic E-state index is 13.1. The minimum Gasteiger partial charge on any atom is -0.395 e. The van der Waals surface area contributed by atoms with Crippen molar-refractivity contribution in [3.05, 3.63) is 64.1 Å². The van der Waals surface area contributed by atoms with Crippen LogP contribution in [0.25, 0.3) is 0 Å². The van der Waals surface area contributed by atoms with Gasteiger partial charge in [-0.25, -0.2) is 13.1 Å². The van der Waals surface area contributed by atoms with E-state index in [0.717, 1.165) is 22.9 Å². The number of carbonyl (C=O) groups is 2. The summed E-state index contributed by atoms with van der Waals surface area (Å²) in [4.78, 5) is 27.6. The maximum atomic E-state index is 13.1. The van der Waals surface area contributed by atoms with Gasteiger partial charge in [0.2, 0.25) is 21.8 Å². The van der Waals surface area contributed by atoms with Gasteiger partial charge in [0.1, 0.15) is 6.04 Å². The van der Waals surface area contributed by atoms with Crippen LogP contribution < -0.4 is 10.0 Å². The van der Waals surface area contributed by atoms with Crippen LogP contribution in [0.3, 0.4) is 0 Å². The van der Waals surface area contributed by atoms with Crippen LogP contribution in [0, 0.1) is 6.92 Å².